The van der Waals surface area contributed by atoms with Crippen molar-refractivity contribution in [3.8, 4) is 5.95 Å². The smallest absolute Gasteiger partial charge is 0.254 e. The molecule has 1 saturated heterocycles. The zero-order valence-corrected chi connectivity index (χ0v) is 14.8. The van der Waals surface area contributed by atoms with E-state index in [0.29, 0.717) is 16.7 Å². The number of anilines is 1. The van der Waals surface area contributed by atoms with Crippen LogP contribution in [-0.2, 0) is 0 Å². The van der Waals surface area contributed by atoms with E-state index in [1.165, 1.54) is 35.0 Å². The second-order valence-corrected chi connectivity index (χ2v) is 6.37. The van der Waals surface area contributed by atoms with Crippen LogP contribution < -0.4 is 16.4 Å². The van der Waals surface area contributed by atoms with Crippen LogP contribution >= 0.6 is 0 Å². The molecule has 3 aromatic rings. The van der Waals surface area contributed by atoms with Crippen molar-refractivity contribution >= 4 is 22.9 Å². The van der Waals surface area contributed by atoms with Gasteiger partial charge in [0.2, 0.25) is 0 Å². The molecule has 0 aromatic carbocycles. The summed E-state index contributed by atoms with van der Waals surface area (Å²) < 4.78 is 2.80. The molecule has 3 aromatic heterocycles. The van der Waals surface area contributed by atoms with Crippen LogP contribution in [-0.4, -0.2) is 82.4 Å². The molecule has 28 heavy (non-hydrogen) atoms. The molecule has 13 heteroatoms. The highest BCUT2D eigenvalue weighted by atomic mass is 16.3. The van der Waals surface area contributed by atoms with Crippen molar-refractivity contribution in [3.63, 3.8) is 0 Å². The van der Waals surface area contributed by atoms with E-state index in [1.807, 2.05) is 0 Å². The van der Waals surface area contributed by atoms with Gasteiger partial charge in [-0.15, -0.1) is 0 Å². The summed E-state index contributed by atoms with van der Waals surface area (Å²) in [5.74, 6) is -0.121. The highest BCUT2D eigenvalue weighted by Crippen LogP contribution is 2.27. The van der Waals surface area contributed by atoms with E-state index in [1.54, 1.807) is 0 Å². The number of rotatable bonds is 4. The number of imidazole rings is 1. The zero-order valence-electron chi connectivity index (χ0n) is 14.8. The van der Waals surface area contributed by atoms with Crippen LogP contribution in [0.3, 0.4) is 0 Å². The first-order valence-corrected chi connectivity index (χ1v) is 8.44. The van der Waals surface area contributed by atoms with Gasteiger partial charge in [0.25, 0.3) is 11.9 Å². The van der Waals surface area contributed by atoms with Crippen LogP contribution in [0.5, 0.6) is 0 Å². The van der Waals surface area contributed by atoms with Crippen molar-refractivity contribution in [2.24, 2.45) is 0 Å². The second-order valence-electron chi connectivity index (χ2n) is 6.37. The third-order valence-corrected chi connectivity index (χ3v) is 4.68. The van der Waals surface area contributed by atoms with Gasteiger partial charge in [0.1, 0.15) is 23.9 Å². The summed E-state index contributed by atoms with van der Waals surface area (Å²) in [5, 5.41) is 39.2. The fraction of sp³-hybridized carbons (Fsp3) is 0.400. The quantitative estimate of drug-likeness (QED) is 0.271. The number of carbonyl (C=O) groups excluding carboxylic acids is 1. The summed E-state index contributed by atoms with van der Waals surface area (Å²) in [6.45, 7) is -0.348. The lowest BCUT2D eigenvalue weighted by Crippen LogP contribution is -2.36. The van der Waals surface area contributed by atoms with Gasteiger partial charge in [-0.3, -0.25) is 14.7 Å². The standard InChI is InChI=1S/C15H19N9O4/c1-17-14(28)6-2-19-24(3-6)15-21-11(16)8-12(22-15)23(5-18-8)13-10(27)9(26)7(4-25)20-13/h2-3,5,7,9-10,13,20,25-27H,4H2,1H3,(H,17,28)(H2,16,21,22)/t7-,9-,10-,13?/m1/s1. The van der Waals surface area contributed by atoms with E-state index in [0.717, 1.165) is 0 Å². The molecule has 1 amide bonds. The van der Waals surface area contributed by atoms with Gasteiger partial charge in [0.15, 0.2) is 11.5 Å². The monoisotopic (exact) mass is 389 g/mol. The Morgan fingerprint density at radius 3 is 2.82 bits per heavy atom. The Morgan fingerprint density at radius 1 is 1.36 bits per heavy atom. The van der Waals surface area contributed by atoms with Crippen molar-refractivity contribution in [2.75, 3.05) is 19.4 Å². The minimum Gasteiger partial charge on any atom is -0.395 e. The van der Waals surface area contributed by atoms with Crippen LogP contribution in [0.4, 0.5) is 5.82 Å². The van der Waals surface area contributed by atoms with Crippen LogP contribution in [0.25, 0.3) is 17.1 Å². The molecular formula is C15H19N9O4. The number of nitrogen functional groups attached to an aromatic ring is 1. The number of carbonyl (C=O) groups is 1. The molecule has 0 aliphatic carbocycles. The fourth-order valence-electron chi connectivity index (χ4n) is 3.17. The number of aliphatic hydroxyl groups is 3. The molecule has 1 aliphatic heterocycles. The van der Waals surface area contributed by atoms with Gasteiger partial charge in [-0.25, -0.2) is 9.67 Å². The lowest BCUT2D eigenvalue weighted by Gasteiger charge is -2.17. The first-order chi connectivity index (χ1) is 13.4. The van der Waals surface area contributed by atoms with Gasteiger partial charge < -0.3 is 26.4 Å². The van der Waals surface area contributed by atoms with Gasteiger partial charge >= 0.3 is 0 Å². The Kier molecular flexibility index (Phi) is 4.43. The maximum absolute atomic E-state index is 11.7. The Morgan fingerprint density at radius 2 is 2.14 bits per heavy atom. The minimum absolute atomic E-state index is 0.0856. The van der Waals surface area contributed by atoms with Gasteiger partial charge in [-0.1, -0.05) is 0 Å². The molecule has 7 N–H and O–H groups in total. The van der Waals surface area contributed by atoms with E-state index < -0.39 is 24.4 Å². The Labute approximate surface area is 157 Å². The van der Waals surface area contributed by atoms with E-state index in [2.05, 4.69) is 30.7 Å². The summed E-state index contributed by atoms with van der Waals surface area (Å²) in [6.07, 6.45) is 1.09. The molecule has 1 aliphatic rings. The number of amides is 1. The largest absolute Gasteiger partial charge is 0.395 e. The summed E-state index contributed by atoms with van der Waals surface area (Å²) in [7, 11) is 1.51. The number of nitrogens with two attached hydrogens (primary N) is 1. The molecule has 0 spiro atoms. The number of nitrogens with one attached hydrogen (secondary N) is 2. The Balaban J connectivity index is 1.77. The van der Waals surface area contributed by atoms with Gasteiger partial charge in [0, 0.05) is 13.2 Å². The summed E-state index contributed by atoms with van der Waals surface area (Å²) >= 11 is 0. The molecule has 4 heterocycles. The molecule has 148 valence electrons. The third kappa shape index (κ3) is 2.77. The number of aromatic nitrogens is 6. The van der Waals surface area contributed by atoms with E-state index in [4.69, 9.17) is 5.73 Å². The lowest BCUT2D eigenvalue weighted by atomic mass is 10.1. The Hall–Kier alpha value is -3.13. The fourth-order valence-corrected chi connectivity index (χ4v) is 3.17. The van der Waals surface area contributed by atoms with Crippen molar-refractivity contribution in [1.29, 1.82) is 0 Å². The normalized spacial score (nSPS) is 24.7. The second kappa shape index (κ2) is 6.79. The van der Waals surface area contributed by atoms with Crippen molar-refractivity contribution in [1.82, 2.24) is 39.9 Å². The number of aliphatic hydroxyl groups excluding tert-OH is 3. The molecule has 1 fully saturated rings. The van der Waals surface area contributed by atoms with Gasteiger partial charge in [-0.05, 0) is 0 Å². The van der Waals surface area contributed by atoms with Gasteiger partial charge in [0.05, 0.1) is 30.7 Å². The number of hydrogen-bond donors (Lipinski definition) is 6. The number of hydrogen-bond acceptors (Lipinski definition) is 10. The molecule has 4 atom stereocenters. The first-order valence-electron chi connectivity index (χ1n) is 8.44. The van der Waals surface area contributed by atoms with Crippen LogP contribution in [0.1, 0.15) is 16.5 Å². The summed E-state index contributed by atoms with van der Waals surface area (Å²) in [4.78, 5) is 24.5. The predicted molar refractivity (Wildman–Crippen MR) is 95.3 cm³/mol. The zero-order chi connectivity index (χ0) is 20.0. The molecule has 1 unspecified atom stereocenters. The van der Waals surface area contributed by atoms with Crippen LogP contribution in [0, 0.1) is 0 Å². The molecule has 13 nitrogen and oxygen atoms in total. The van der Waals surface area contributed by atoms with Gasteiger partial charge in [-0.2, -0.15) is 15.1 Å². The lowest BCUT2D eigenvalue weighted by molar-refractivity contribution is 0.0112. The summed E-state index contributed by atoms with van der Waals surface area (Å²) in [6, 6.07) is -0.697. The highest BCUT2D eigenvalue weighted by molar-refractivity contribution is 5.93. The average Bonchev–Trinajstić information content (AvgIpc) is 3.40. The average molecular weight is 389 g/mol. The van der Waals surface area contributed by atoms with E-state index in [-0.39, 0.29) is 24.3 Å². The van der Waals surface area contributed by atoms with Crippen molar-refractivity contribution < 1.29 is 20.1 Å². The predicted octanol–water partition coefficient (Wildman–Crippen LogP) is -2.86. The van der Waals surface area contributed by atoms with Crippen LogP contribution in [0.15, 0.2) is 18.7 Å². The van der Waals surface area contributed by atoms with E-state index >= 15 is 0 Å². The maximum atomic E-state index is 11.7. The molecule has 4 rings (SSSR count). The van der Waals surface area contributed by atoms with Crippen LogP contribution in [0.2, 0.25) is 0 Å². The number of nitrogens with zero attached hydrogens (tertiary/aromatic N) is 6. The summed E-state index contributed by atoms with van der Waals surface area (Å²) in [5.41, 5.74) is 6.91. The topological polar surface area (TPSA) is 189 Å². The SMILES string of the molecule is CNC(=O)c1cnn(-c2nc(N)c3ncn(C4N[C@H](CO)[C@@H](O)[C@H]4O)c3n2)c1. The molecular weight excluding hydrogens is 370 g/mol. The minimum atomic E-state index is -1.20. The third-order valence-electron chi connectivity index (χ3n) is 4.68. The van der Waals surface area contributed by atoms with Crippen molar-refractivity contribution in [3.05, 3.63) is 24.3 Å². The van der Waals surface area contributed by atoms with E-state index in [9.17, 15) is 20.1 Å². The van der Waals surface area contributed by atoms with Crippen molar-refractivity contribution in [2.45, 2.75) is 24.4 Å². The highest BCUT2D eigenvalue weighted by Gasteiger charge is 2.42. The molecule has 0 radical (unpaired) electrons. The number of fused-ring (bicyclic) bond motifs is 1. The first kappa shape index (κ1) is 18.2. The maximum Gasteiger partial charge on any atom is 0.254 e. The molecule has 0 saturated carbocycles. The molecule has 0 bridgehead atoms. The Bertz CT molecular complexity index is 1030.